The van der Waals surface area contributed by atoms with Crippen molar-refractivity contribution in [2.75, 3.05) is 6.54 Å². The van der Waals surface area contributed by atoms with Gasteiger partial charge in [-0.3, -0.25) is 0 Å². The zero-order valence-corrected chi connectivity index (χ0v) is 12.8. The van der Waals surface area contributed by atoms with Gasteiger partial charge in [0.1, 0.15) is 0 Å². The Labute approximate surface area is 116 Å². The van der Waals surface area contributed by atoms with E-state index in [1.165, 1.54) is 4.31 Å². The first-order valence-electron chi connectivity index (χ1n) is 5.87. The van der Waals surface area contributed by atoms with Crippen molar-refractivity contribution in [3.05, 3.63) is 28.2 Å². The number of halogens is 1. The molecular formula is C12H17BrN2O2S. The predicted molar refractivity (Wildman–Crippen MR) is 74.8 cm³/mol. The molecular weight excluding hydrogens is 316 g/mol. The van der Waals surface area contributed by atoms with Crippen LogP contribution in [0.5, 0.6) is 0 Å². The Bertz CT molecular complexity index is 559. The van der Waals surface area contributed by atoms with Crippen LogP contribution in [0, 0.1) is 6.92 Å². The van der Waals surface area contributed by atoms with E-state index in [0.29, 0.717) is 17.9 Å². The van der Waals surface area contributed by atoms with E-state index >= 15 is 0 Å². The lowest BCUT2D eigenvalue weighted by Gasteiger charge is -2.23. The van der Waals surface area contributed by atoms with Crippen LogP contribution in [-0.2, 0) is 10.0 Å². The summed E-state index contributed by atoms with van der Waals surface area (Å²) in [6, 6.07) is 5.08. The smallest absolute Gasteiger partial charge is 0.243 e. The van der Waals surface area contributed by atoms with E-state index in [1.807, 2.05) is 13.0 Å². The molecule has 2 N–H and O–H groups in total. The highest BCUT2D eigenvalue weighted by Crippen LogP contribution is 2.28. The topological polar surface area (TPSA) is 63.4 Å². The molecule has 100 valence electrons. The van der Waals surface area contributed by atoms with Crippen LogP contribution in [0.3, 0.4) is 0 Å². The van der Waals surface area contributed by atoms with Gasteiger partial charge in [-0.15, -0.1) is 0 Å². The number of aryl methyl sites for hydroxylation is 1. The molecule has 0 saturated carbocycles. The molecule has 4 nitrogen and oxygen atoms in total. The second-order valence-electron chi connectivity index (χ2n) is 4.72. The summed E-state index contributed by atoms with van der Waals surface area (Å²) < 4.78 is 27.5. The molecule has 1 aromatic rings. The molecule has 1 heterocycles. The Hall–Kier alpha value is -0.430. The molecule has 2 rings (SSSR count). The third-order valence-corrected chi connectivity index (χ3v) is 6.11. The quantitative estimate of drug-likeness (QED) is 0.899. The Morgan fingerprint density at radius 3 is 2.67 bits per heavy atom. The molecule has 18 heavy (non-hydrogen) atoms. The predicted octanol–water partition coefficient (Wildman–Crippen LogP) is 1.87. The first-order chi connectivity index (χ1) is 8.34. The van der Waals surface area contributed by atoms with Crippen LogP contribution >= 0.6 is 15.9 Å². The summed E-state index contributed by atoms with van der Waals surface area (Å²) in [5.41, 5.74) is 6.65. The van der Waals surface area contributed by atoms with Crippen molar-refractivity contribution in [3.63, 3.8) is 0 Å². The van der Waals surface area contributed by atoms with Gasteiger partial charge in [0.05, 0.1) is 4.90 Å². The van der Waals surface area contributed by atoms with E-state index < -0.39 is 10.0 Å². The number of rotatable bonds is 2. The van der Waals surface area contributed by atoms with Gasteiger partial charge in [0.2, 0.25) is 10.0 Å². The molecule has 0 aromatic heterocycles. The highest BCUT2D eigenvalue weighted by atomic mass is 79.9. The highest BCUT2D eigenvalue weighted by Gasteiger charge is 2.37. The maximum Gasteiger partial charge on any atom is 0.243 e. The molecule has 2 atom stereocenters. The van der Waals surface area contributed by atoms with Crippen LogP contribution in [0.4, 0.5) is 0 Å². The van der Waals surface area contributed by atoms with Crippen molar-refractivity contribution < 1.29 is 8.42 Å². The summed E-state index contributed by atoms with van der Waals surface area (Å²) in [6.07, 6.45) is 0.716. The largest absolute Gasteiger partial charge is 0.326 e. The van der Waals surface area contributed by atoms with Gasteiger partial charge < -0.3 is 5.73 Å². The van der Waals surface area contributed by atoms with Crippen molar-refractivity contribution in [2.45, 2.75) is 37.2 Å². The number of nitrogens with two attached hydrogens (primary N) is 1. The van der Waals surface area contributed by atoms with E-state index in [2.05, 4.69) is 15.9 Å². The molecule has 0 amide bonds. The maximum atomic E-state index is 12.6. The van der Waals surface area contributed by atoms with E-state index in [9.17, 15) is 8.42 Å². The van der Waals surface area contributed by atoms with Gasteiger partial charge >= 0.3 is 0 Å². The summed E-state index contributed by atoms with van der Waals surface area (Å²) >= 11 is 3.32. The molecule has 1 aliphatic heterocycles. The SMILES string of the molecule is Cc1ccc(Br)cc1S(=O)(=O)N1CCC(N)C1C. The van der Waals surface area contributed by atoms with Crippen LogP contribution in [0.25, 0.3) is 0 Å². The van der Waals surface area contributed by atoms with Crippen molar-refractivity contribution in [1.29, 1.82) is 0 Å². The van der Waals surface area contributed by atoms with Crippen LogP contribution in [0.1, 0.15) is 18.9 Å². The van der Waals surface area contributed by atoms with E-state index in [4.69, 9.17) is 5.73 Å². The van der Waals surface area contributed by atoms with Crippen LogP contribution in [0.15, 0.2) is 27.6 Å². The van der Waals surface area contributed by atoms with Crippen molar-refractivity contribution in [3.8, 4) is 0 Å². The minimum absolute atomic E-state index is 0.0766. The number of hydrogen-bond donors (Lipinski definition) is 1. The molecule has 1 fully saturated rings. The molecule has 0 bridgehead atoms. The van der Waals surface area contributed by atoms with Gasteiger partial charge in [0, 0.05) is 23.1 Å². The molecule has 0 aliphatic carbocycles. The second-order valence-corrected chi connectivity index (χ2v) is 7.49. The Morgan fingerprint density at radius 2 is 2.11 bits per heavy atom. The lowest BCUT2D eigenvalue weighted by Crippen LogP contribution is -2.40. The fourth-order valence-electron chi connectivity index (χ4n) is 2.25. The second kappa shape index (κ2) is 4.92. The molecule has 1 aliphatic rings. The minimum Gasteiger partial charge on any atom is -0.326 e. The van der Waals surface area contributed by atoms with E-state index in [0.717, 1.165) is 10.0 Å². The maximum absolute atomic E-state index is 12.6. The first-order valence-corrected chi connectivity index (χ1v) is 8.11. The summed E-state index contributed by atoms with van der Waals surface area (Å²) in [5, 5.41) is 0. The lowest BCUT2D eigenvalue weighted by molar-refractivity contribution is 0.393. The molecule has 0 radical (unpaired) electrons. The average Bonchev–Trinajstić information content (AvgIpc) is 2.63. The Morgan fingerprint density at radius 1 is 1.44 bits per heavy atom. The van der Waals surface area contributed by atoms with Crippen LogP contribution in [0.2, 0.25) is 0 Å². The number of hydrogen-bond acceptors (Lipinski definition) is 3. The van der Waals surface area contributed by atoms with Gasteiger partial charge in [0.15, 0.2) is 0 Å². The Balaban J connectivity index is 2.46. The van der Waals surface area contributed by atoms with Gasteiger partial charge in [-0.25, -0.2) is 8.42 Å². The van der Waals surface area contributed by atoms with Crippen molar-refractivity contribution >= 4 is 26.0 Å². The van der Waals surface area contributed by atoms with E-state index in [1.54, 1.807) is 19.1 Å². The van der Waals surface area contributed by atoms with Gasteiger partial charge in [0.25, 0.3) is 0 Å². The first kappa shape index (κ1) is 14.0. The summed E-state index contributed by atoms with van der Waals surface area (Å²) in [7, 11) is -3.45. The van der Waals surface area contributed by atoms with Gasteiger partial charge in [-0.1, -0.05) is 22.0 Å². The molecule has 1 aromatic carbocycles. The number of benzene rings is 1. The zero-order valence-electron chi connectivity index (χ0n) is 10.4. The monoisotopic (exact) mass is 332 g/mol. The average molecular weight is 333 g/mol. The third-order valence-electron chi connectivity index (χ3n) is 3.49. The Kier molecular flexibility index (Phi) is 3.82. The van der Waals surface area contributed by atoms with Gasteiger partial charge in [-0.2, -0.15) is 4.31 Å². The van der Waals surface area contributed by atoms with Gasteiger partial charge in [-0.05, 0) is 38.0 Å². The minimum atomic E-state index is -3.45. The fourth-order valence-corrected chi connectivity index (χ4v) is 4.71. The fraction of sp³-hybridized carbons (Fsp3) is 0.500. The molecule has 6 heteroatoms. The molecule has 2 unspecified atom stereocenters. The number of nitrogens with zero attached hydrogens (tertiary/aromatic N) is 1. The molecule has 0 spiro atoms. The molecule has 1 saturated heterocycles. The number of sulfonamides is 1. The standard InChI is InChI=1S/C12H17BrN2O2S/c1-8-3-4-10(13)7-12(8)18(16,17)15-6-5-11(14)9(15)2/h3-4,7,9,11H,5-6,14H2,1-2H3. The lowest BCUT2D eigenvalue weighted by atomic mass is 10.2. The summed E-state index contributed by atoms with van der Waals surface area (Å²) in [4.78, 5) is 0.359. The van der Waals surface area contributed by atoms with Crippen LogP contribution < -0.4 is 5.73 Å². The zero-order chi connectivity index (χ0) is 13.5. The normalized spacial score (nSPS) is 25.6. The third kappa shape index (κ3) is 2.34. The van der Waals surface area contributed by atoms with E-state index in [-0.39, 0.29) is 12.1 Å². The highest BCUT2D eigenvalue weighted by molar-refractivity contribution is 9.10. The van der Waals surface area contributed by atoms with Crippen molar-refractivity contribution in [2.24, 2.45) is 5.73 Å². The summed E-state index contributed by atoms with van der Waals surface area (Å²) in [6.45, 7) is 4.17. The van der Waals surface area contributed by atoms with Crippen molar-refractivity contribution in [1.82, 2.24) is 4.31 Å². The van der Waals surface area contributed by atoms with Crippen LogP contribution in [-0.4, -0.2) is 31.4 Å². The summed E-state index contributed by atoms with van der Waals surface area (Å²) in [5.74, 6) is 0.